The molecule has 1 fully saturated rings. The molecule has 0 aromatic heterocycles. The molecule has 0 radical (unpaired) electrons. The van der Waals surface area contributed by atoms with Gasteiger partial charge in [-0.25, -0.2) is 8.42 Å². The summed E-state index contributed by atoms with van der Waals surface area (Å²) in [5.74, 6) is -0.655. The van der Waals surface area contributed by atoms with E-state index in [2.05, 4.69) is 21.2 Å². The number of nitrogens with one attached hydrogen (secondary N) is 1. The van der Waals surface area contributed by atoms with Crippen molar-refractivity contribution in [3.05, 3.63) is 58.6 Å². The van der Waals surface area contributed by atoms with Gasteiger partial charge >= 0.3 is 6.18 Å². The van der Waals surface area contributed by atoms with Crippen LogP contribution in [0.15, 0.2) is 57.9 Å². The Morgan fingerprint density at radius 1 is 1.14 bits per heavy atom. The highest BCUT2D eigenvalue weighted by Crippen LogP contribution is 2.31. The second kappa shape index (κ2) is 7.84. The summed E-state index contributed by atoms with van der Waals surface area (Å²) >= 11 is 3.23. The molecule has 150 valence electrons. The normalized spacial score (nSPS) is 18.2. The SMILES string of the molecule is O=C(Nc1cccc(C(F)(F)F)c1)C1CCCN1S(=O)(=O)c1ccc(Br)cc1. The fourth-order valence-electron chi connectivity index (χ4n) is 3.03. The van der Waals surface area contributed by atoms with Gasteiger partial charge in [-0.05, 0) is 55.3 Å². The van der Waals surface area contributed by atoms with Gasteiger partial charge in [0.1, 0.15) is 6.04 Å². The number of halogens is 4. The van der Waals surface area contributed by atoms with Crippen molar-refractivity contribution in [2.75, 3.05) is 11.9 Å². The van der Waals surface area contributed by atoms with Gasteiger partial charge in [0.2, 0.25) is 15.9 Å². The van der Waals surface area contributed by atoms with Gasteiger partial charge in [0.25, 0.3) is 0 Å². The molecule has 10 heteroatoms. The van der Waals surface area contributed by atoms with Crippen LogP contribution in [0.25, 0.3) is 0 Å². The summed E-state index contributed by atoms with van der Waals surface area (Å²) in [6, 6.07) is 9.28. The monoisotopic (exact) mass is 476 g/mol. The molecule has 5 nitrogen and oxygen atoms in total. The molecule has 1 aliphatic rings. The number of carbonyl (C=O) groups is 1. The van der Waals surface area contributed by atoms with Crippen molar-refractivity contribution in [1.82, 2.24) is 4.31 Å². The number of nitrogens with zero attached hydrogens (tertiary/aromatic N) is 1. The number of sulfonamides is 1. The molecular formula is C18H16BrF3N2O3S. The van der Waals surface area contributed by atoms with Gasteiger partial charge in [-0.2, -0.15) is 17.5 Å². The highest BCUT2D eigenvalue weighted by Gasteiger charge is 2.39. The molecule has 0 spiro atoms. The van der Waals surface area contributed by atoms with E-state index in [1.165, 1.54) is 24.3 Å². The minimum absolute atomic E-state index is 0.0345. The number of hydrogen-bond donors (Lipinski definition) is 1. The first kappa shape index (κ1) is 20.8. The summed E-state index contributed by atoms with van der Waals surface area (Å²) in [4.78, 5) is 12.7. The lowest BCUT2D eigenvalue weighted by Gasteiger charge is -2.23. The van der Waals surface area contributed by atoms with E-state index >= 15 is 0 Å². The first-order chi connectivity index (χ1) is 13.1. The maximum atomic E-state index is 12.9. The molecule has 1 saturated heterocycles. The van der Waals surface area contributed by atoms with Gasteiger partial charge in [-0.15, -0.1) is 0 Å². The average molecular weight is 477 g/mol. The molecule has 1 atom stereocenters. The maximum Gasteiger partial charge on any atom is 0.416 e. The van der Waals surface area contributed by atoms with Crippen LogP contribution in [0.4, 0.5) is 18.9 Å². The minimum Gasteiger partial charge on any atom is -0.325 e. The van der Waals surface area contributed by atoms with Crippen LogP contribution < -0.4 is 5.32 Å². The highest BCUT2D eigenvalue weighted by atomic mass is 79.9. The lowest BCUT2D eigenvalue weighted by Crippen LogP contribution is -2.43. The summed E-state index contributed by atoms with van der Waals surface area (Å²) in [5, 5.41) is 2.41. The molecule has 28 heavy (non-hydrogen) atoms. The van der Waals surface area contributed by atoms with Crippen molar-refractivity contribution in [1.29, 1.82) is 0 Å². The maximum absolute atomic E-state index is 12.9. The van der Waals surface area contributed by atoms with Crippen LogP contribution in [0, 0.1) is 0 Å². The van der Waals surface area contributed by atoms with Crippen LogP contribution in [0.5, 0.6) is 0 Å². The van der Waals surface area contributed by atoms with E-state index in [0.717, 1.165) is 16.4 Å². The van der Waals surface area contributed by atoms with E-state index in [1.807, 2.05) is 0 Å². The lowest BCUT2D eigenvalue weighted by atomic mass is 10.1. The van der Waals surface area contributed by atoms with Crippen molar-refractivity contribution in [3.8, 4) is 0 Å². The zero-order valence-corrected chi connectivity index (χ0v) is 16.8. The Hall–Kier alpha value is -1.91. The third kappa shape index (κ3) is 4.39. The van der Waals surface area contributed by atoms with Crippen LogP contribution in [-0.4, -0.2) is 31.2 Å². The third-order valence-electron chi connectivity index (χ3n) is 4.38. The molecule has 1 unspecified atom stereocenters. The number of benzene rings is 2. The molecule has 3 rings (SSSR count). The van der Waals surface area contributed by atoms with Crippen LogP contribution in [0.1, 0.15) is 18.4 Å². The third-order valence-corrected chi connectivity index (χ3v) is 6.84. The number of carbonyl (C=O) groups excluding carboxylic acids is 1. The van der Waals surface area contributed by atoms with E-state index in [4.69, 9.17) is 0 Å². The predicted octanol–water partition coefficient (Wildman–Crippen LogP) is 4.26. The Labute approximate surface area is 168 Å². The standard InChI is InChI=1S/C18H16BrF3N2O3S/c19-13-6-8-15(9-7-13)28(26,27)24-10-2-5-16(24)17(25)23-14-4-1-3-12(11-14)18(20,21)22/h1,3-4,6-9,11,16H,2,5,10H2,(H,23,25). The van der Waals surface area contributed by atoms with Crippen molar-refractivity contribution >= 4 is 37.5 Å². The van der Waals surface area contributed by atoms with Gasteiger partial charge in [0.05, 0.1) is 10.5 Å². The zero-order valence-electron chi connectivity index (χ0n) is 14.4. The van der Waals surface area contributed by atoms with E-state index in [9.17, 15) is 26.4 Å². The van der Waals surface area contributed by atoms with Crippen molar-refractivity contribution < 1.29 is 26.4 Å². The molecule has 1 N–H and O–H groups in total. The topological polar surface area (TPSA) is 66.5 Å². The van der Waals surface area contributed by atoms with Crippen LogP contribution in [-0.2, 0) is 21.0 Å². The zero-order chi connectivity index (χ0) is 20.5. The Morgan fingerprint density at radius 2 is 1.82 bits per heavy atom. The quantitative estimate of drug-likeness (QED) is 0.716. The Morgan fingerprint density at radius 3 is 2.46 bits per heavy atom. The first-order valence-electron chi connectivity index (χ1n) is 8.34. The fourth-order valence-corrected chi connectivity index (χ4v) is 4.95. The number of hydrogen-bond acceptors (Lipinski definition) is 3. The van der Waals surface area contributed by atoms with Crippen molar-refractivity contribution in [2.45, 2.75) is 30.0 Å². The van der Waals surface area contributed by atoms with E-state index in [-0.39, 0.29) is 17.1 Å². The second-order valence-electron chi connectivity index (χ2n) is 6.30. The first-order valence-corrected chi connectivity index (χ1v) is 10.6. The molecule has 0 saturated carbocycles. The van der Waals surface area contributed by atoms with Crippen LogP contribution in [0.2, 0.25) is 0 Å². The van der Waals surface area contributed by atoms with Crippen LogP contribution >= 0.6 is 15.9 Å². The molecule has 1 aliphatic heterocycles. The number of alkyl halides is 3. The summed E-state index contributed by atoms with van der Waals surface area (Å²) < 4.78 is 66.1. The summed E-state index contributed by atoms with van der Waals surface area (Å²) in [6.07, 6.45) is -3.76. The second-order valence-corrected chi connectivity index (χ2v) is 9.10. The van der Waals surface area contributed by atoms with Gasteiger partial charge in [0.15, 0.2) is 0 Å². The lowest BCUT2D eigenvalue weighted by molar-refractivity contribution is -0.137. The van der Waals surface area contributed by atoms with Crippen LogP contribution in [0.3, 0.4) is 0 Å². The van der Waals surface area contributed by atoms with Crippen molar-refractivity contribution in [2.24, 2.45) is 0 Å². The number of anilines is 1. The Bertz CT molecular complexity index is 978. The van der Waals surface area contributed by atoms with E-state index in [0.29, 0.717) is 17.3 Å². The van der Waals surface area contributed by atoms with Gasteiger partial charge in [-0.1, -0.05) is 22.0 Å². The molecule has 0 bridgehead atoms. The Balaban J connectivity index is 1.81. The summed E-state index contributed by atoms with van der Waals surface area (Å²) in [5.41, 5.74) is -0.927. The molecule has 0 aliphatic carbocycles. The van der Waals surface area contributed by atoms with Crippen molar-refractivity contribution in [3.63, 3.8) is 0 Å². The molecule has 1 amide bonds. The summed E-state index contributed by atoms with van der Waals surface area (Å²) in [6.45, 7) is 0.166. The van der Waals surface area contributed by atoms with E-state index in [1.54, 1.807) is 12.1 Å². The van der Waals surface area contributed by atoms with Gasteiger partial charge in [0, 0.05) is 16.7 Å². The van der Waals surface area contributed by atoms with E-state index < -0.39 is 33.7 Å². The molecule has 1 heterocycles. The minimum atomic E-state index is -4.54. The largest absolute Gasteiger partial charge is 0.416 e. The average Bonchev–Trinajstić information content (AvgIpc) is 3.12. The fraction of sp³-hybridized carbons (Fsp3) is 0.278. The molecule has 2 aromatic carbocycles. The molecular weight excluding hydrogens is 461 g/mol. The van der Waals surface area contributed by atoms with Gasteiger partial charge in [-0.3, -0.25) is 4.79 Å². The van der Waals surface area contributed by atoms with Gasteiger partial charge < -0.3 is 5.32 Å². The summed E-state index contributed by atoms with van der Waals surface area (Å²) in [7, 11) is -3.90. The Kier molecular flexibility index (Phi) is 5.83. The predicted molar refractivity (Wildman–Crippen MR) is 101 cm³/mol. The number of amides is 1. The number of rotatable bonds is 4. The highest BCUT2D eigenvalue weighted by molar-refractivity contribution is 9.10. The smallest absolute Gasteiger partial charge is 0.325 e. The molecule has 2 aromatic rings.